The van der Waals surface area contributed by atoms with Crippen LogP contribution in [0.1, 0.15) is 52.1 Å². The first-order valence-electron chi connectivity index (χ1n) is 8.84. The molecule has 8 heteroatoms. The molecule has 2 N–H and O–H groups in total. The number of esters is 1. The predicted molar refractivity (Wildman–Crippen MR) is 94.1 cm³/mol. The van der Waals surface area contributed by atoms with Crippen LogP contribution in [-0.2, 0) is 14.3 Å². The Morgan fingerprint density at radius 3 is 2.80 bits per heavy atom. The van der Waals surface area contributed by atoms with Crippen molar-refractivity contribution in [3.8, 4) is 0 Å². The molecule has 0 aliphatic carbocycles. The van der Waals surface area contributed by atoms with Gasteiger partial charge in [-0.3, -0.25) is 20.0 Å². The van der Waals surface area contributed by atoms with Gasteiger partial charge in [-0.15, -0.1) is 10.2 Å². The van der Waals surface area contributed by atoms with Gasteiger partial charge in [0.2, 0.25) is 5.91 Å². The van der Waals surface area contributed by atoms with Gasteiger partial charge in [0.25, 0.3) is 5.95 Å². The summed E-state index contributed by atoms with van der Waals surface area (Å²) in [6, 6.07) is 1.84. The number of nitrogens with zero attached hydrogens (tertiary/aromatic N) is 3. The summed E-state index contributed by atoms with van der Waals surface area (Å²) in [5.74, 6) is -0.678. The fourth-order valence-electron chi connectivity index (χ4n) is 2.64. The summed E-state index contributed by atoms with van der Waals surface area (Å²) in [7, 11) is 0. The van der Waals surface area contributed by atoms with Gasteiger partial charge in [-0.05, 0) is 26.2 Å². The van der Waals surface area contributed by atoms with Crippen LogP contribution in [0.4, 0.5) is 5.95 Å². The smallest absolute Gasteiger partial charge is 0.308 e. The monoisotopic (exact) mass is 349 g/mol. The number of fused-ring (bicyclic) bond motifs is 1. The van der Waals surface area contributed by atoms with Crippen molar-refractivity contribution in [1.29, 1.82) is 0 Å². The second kappa shape index (κ2) is 8.64. The van der Waals surface area contributed by atoms with Crippen LogP contribution in [0.3, 0.4) is 0 Å². The third-order valence-electron chi connectivity index (χ3n) is 4.20. The van der Waals surface area contributed by atoms with Crippen molar-refractivity contribution in [1.82, 2.24) is 19.8 Å². The number of aryl methyl sites for hydroxylation is 1. The van der Waals surface area contributed by atoms with E-state index in [0.29, 0.717) is 31.0 Å². The number of H-pyrrole nitrogens is 1. The molecule has 0 saturated heterocycles. The van der Waals surface area contributed by atoms with Gasteiger partial charge in [0.1, 0.15) is 0 Å². The number of carbonyl (C=O) groups excluding carboxylic acids is 2. The Morgan fingerprint density at radius 2 is 2.12 bits per heavy atom. The number of unbranched alkanes of at least 4 members (excludes halogenated alkanes) is 1. The van der Waals surface area contributed by atoms with Crippen LogP contribution in [0, 0.1) is 18.8 Å². The van der Waals surface area contributed by atoms with E-state index in [0.717, 1.165) is 18.5 Å². The first-order valence-corrected chi connectivity index (χ1v) is 8.84. The Labute approximate surface area is 147 Å². The predicted octanol–water partition coefficient (Wildman–Crippen LogP) is 2.70. The fraction of sp³-hybridized carbons (Fsp3) is 0.647. The lowest BCUT2D eigenvalue weighted by Gasteiger charge is -2.18. The molecule has 0 saturated carbocycles. The molecule has 2 heterocycles. The lowest BCUT2D eigenvalue weighted by molar-refractivity contribution is -0.148. The third-order valence-corrected chi connectivity index (χ3v) is 4.20. The lowest BCUT2D eigenvalue weighted by Crippen LogP contribution is -2.28. The van der Waals surface area contributed by atoms with E-state index in [-0.39, 0.29) is 23.7 Å². The van der Waals surface area contributed by atoms with E-state index in [4.69, 9.17) is 4.74 Å². The van der Waals surface area contributed by atoms with Gasteiger partial charge < -0.3 is 4.74 Å². The zero-order valence-electron chi connectivity index (χ0n) is 15.3. The summed E-state index contributed by atoms with van der Waals surface area (Å²) < 4.78 is 6.86. The molecule has 0 bridgehead atoms. The van der Waals surface area contributed by atoms with E-state index in [1.165, 1.54) is 0 Å². The van der Waals surface area contributed by atoms with Gasteiger partial charge in [-0.25, -0.2) is 4.52 Å². The van der Waals surface area contributed by atoms with Gasteiger partial charge in [-0.2, -0.15) is 0 Å². The standard InChI is InChI=1S/C17H27N5O3/c1-5-7-8-25-16(24)11(3)9-13(6-2)15(23)18-17-20-19-14-10-12(4)21-22(14)17/h10-11,13,21H,5-9H2,1-4H3,(H,18,20,23). The van der Waals surface area contributed by atoms with Crippen molar-refractivity contribution in [2.45, 2.75) is 53.4 Å². The van der Waals surface area contributed by atoms with Crippen LogP contribution in [0.2, 0.25) is 0 Å². The van der Waals surface area contributed by atoms with E-state index in [1.807, 2.05) is 26.8 Å². The quantitative estimate of drug-likeness (QED) is 0.535. The molecule has 8 nitrogen and oxygen atoms in total. The van der Waals surface area contributed by atoms with E-state index < -0.39 is 0 Å². The van der Waals surface area contributed by atoms with Crippen molar-refractivity contribution in [2.24, 2.45) is 11.8 Å². The molecular weight excluding hydrogens is 322 g/mol. The zero-order valence-corrected chi connectivity index (χ0v) is 15.3. The molecule has 2 rings (SSSR count). The number of nitrogens with one attached hydrogen (secondary N) is 2. The lowest BCUT2D eigenvalue weighted by atomic mass is 9.93. The Hall–Kier alpha value is -2.38. The molecule has 25 heavy (non-hydrogen) atoms. The molecule has 1 amide bonds. The van der Waals surface area contributed by atoms with Gasteiger partial charge >= 0.3 is 5.97 Å². The van der Waals surface area contributed by atoms with Crippen molar-refractivity contribution in [2.75, 3.05) is 11.9 Å². The number of rotatable bonds is 9. The summed E-state index contributed by atoms with van der Waals surface area (Å²) >= 11 is 0. The zero-order chi connectivity index (χ0) is 18.4. The van der Waals surface area contributed by atoms with Crippen molar-refractivity contribution >= 4 is 23.5 Å². The number of amides is 1. The molecule has 2 aromatic heterocycles. The summed E-state index contributed by atoms with van der Waals surface area (Å²) in [5.41, 5.74) is 1.57. The second-order valence-electron chi connectivity index (χ2n) is 6.41. The van der Waals surface area contributed by atoms with Crippen LogP contribution in [0.25, 0.3) is 5.65 Å². The van der Waals surface area contributed by atoms with Crippen LogP contribution in [0.5, 0.6) is 0 Å². The molecule has 0 radical (unpaired) electrons. The van der Waals surface area contributed by atoms with Crippen LogP contribution >= 0.6 is 0 Å². The molecular formula is C17H27N5O3. The minimum Gasteiger partial charge on any atom is -0.465 e. The fourth-order valence-corrected chi connectivity index (χ4v) is 2.64. The van der Waals surface area contributed by atoms with Gasteiger partial charge in [-0.1, -0.05) is 27.2 Å². The SMILES string of the molecule is CCCCOC(=O)C(C)CC(CC)C(=O)Nc1nnc2cc(C)[nH]n12. The van der Waals surface area contributed by atoms with E-state index >= 15 is 0 Å². The Balaban J connectivity index is 1.94. The first-order chi connectivity index (χ1) is 12.0. The number of anilines is 1. The maximum atomic E-state index is 12.6. The first kappa shape index (κ1) is 19.0. The van der Waals surface area contributed by atoms with E-state index in [2.05, 4.69) is 20.6 Å². The average molecular weight is 349 g/mol. The van der Waals surface area contributed by atoms with Gasteiger partial charge in [0.05, 0.1) is 12.5 Å². The van der Waals surface area contributed by atoms with Crippen LogP contribution < -0.4 is 5.32 Å². The molecule has 0 aliphatic heterocycles. The van der Waals surface area contributed by atoms with Crippen LogP contribution in [-0.4, -0.2) is 38.3 Å². The highest BCUT2D eigenvalue weighted by atomic mass is 16.5. The van der Waals surface area contributed by atoms with E-state index in [9.17, 15) is 9.59 Å². The largest absolute Gasteiger partial charge is 0.465 e. The Bertz CT molecular complexity index is 721. The number of aromatic amines is 1. The number of hydrogen-bond acceptors (Lipinski definition) is 5. The van der Waals surface area contributed by atoms with Gasteiger partial charge in [0, 0.05) is 17.7 Å². The minimum absolute atomic E-state index is 0.169. The molecule has 2 unspecified atom stereocenters. The average Bonchev–Trinajstić information content (AvgIpc) is 3.12. The number of hydrogen-bond donors (Lipinski definition) is 2. The highest BCUT2D eigenvalue weighted by molar-refractivity contribution is 5.91. The summed E-state index contributed by atoms with van der Waals surface area (Å²) in [6.07, 6.45) is 2.91. The normalized spacial score (nSPS) is 13.6. The van der Waals surface area contributed by atoms with Crippen molar-refractivity contribution in [3.63, 3.8) is 0 Å². The Kier molecular flexibility index (Phi) is 6.55. The minimum atomic E-state index is -0.321. The maximum absolute atomic E-state index is 12.6. The maximum Gasteiger partial charge on any atom is 0.308 e. The highest BCUT2D eigenvalue weighted by Crippen LogP contribution is 2.19. The number of ether oxygens (including phenoxy) is 1. The topological polar surface area (TPSA) is 101 Å². The highest BCUT2D eigenvalue weighted by Gasteiger charge is 2.25. The van der Waals surface area contributed by atoms with Crippen molar-refractivity contribution in [3.05, 3.63) is 11.8 Å². The number of carbonyl (C=O) groups is 2. The molecule has 2 atom stereocenters. The summed E-state index contributed by atoms with van der Waals surface area (Å²) in [5, 5.41) is 13.8. The third kappa shape index (κ3) is 4.80. The van der Waals surface area contributed by atoms with Crippen molar-refractivity contribution < 1.29 is 14.3 Å². The number of aromatic nitrogens is 4. The molecule has 138 valence electrons. The summed E-state index contributed by atoms with van der Waals surface area (Å²) in [4.78, 5) is 24.6. The molecule has 0 spiro atoms. The molecule has 2 aromatic rings. The van der Waals surface area contributed by atoms with Gasteiger partial charge in [0.15, 0.2) is 5.65 Å². The molecule has 0 aliphatic rings. The molecule has 0 fully saturated rings. The summed E-state index contributed by atoms with van der Waals surface area (Å²) in [6.45, 7) is 8.11. The Morgan fingerprint density at radius 1 is 1.36 bits per heavy atom. The van der Waals surface area contributed by atoms with Crippen LogP contribution in [0.15, 0.2) is 6.07 Å². The second-order valence-corrected chi connectivity index (χ2v) is 6.41. The van der Waals surface area contributed by atoms with E-state index in [1.54, 1.807) is 11.4 Å². The molecule has 0 aromatic carbocycles.